The van der Waals surface area contributed by atoms with Gasteiger partial charge in [-0.25, -0.2) is 8.42 Å². The number of phenols is 1. The van der Waals surface area contributed by atoms with Crippen molar-refractivity contribution < 1.29 is 18.3 Å². The fourth-order valence-electron chi connectivity index (χ4n) is 1.90. The van der Waals surface area contributed by atoms with Crippen molar-refractivity contribution in [2.45, 2.75) is 0 Å². The van der Waals surface area contributed by atoms with Crippen LogP contribution in [-0.2, 0) is 10.0 Å². The van der Waals surface area contributed by atoms with Gasteiger partial charge in [0.2, 0.25) is 0 Å². The quantitative estimate of drug-likeness (QED) is 0.850. The second-order valence-electron chi connectivity index (χ2n) is 4.88. The van der Waals surface area contributed by atoms with Gasteiger partial charge in [-0.15, -0.1) is 0 Å². The number of amides is 1. The molecule has 0 aliphatic heterocycles. The number of rotatable bonds is 5. The average molecular weight is 367 g/mol. The second-order valence-corrected chi connectivity index (χ2v) is 7.23. The highest BCUT2D eigenvalue weighted by Gasteiger charge is 2.17. The van der Waals surface area contributed by atoms with E-state index in [1.54, 1.807) is 24.3 Å². The summed E-state index contributed by atoms with van der Waals surface area (Å²) in [5.74, 6) is -0.737. The van der Waals surface area contributed by atoms with Gasteiger partial charge >= 0.3 is 0 Å². The van der Waals surface area contributed by atoms with Crippen molar-refractivity contribution in [3.05, 3.63) is 65.0 Å². The smallest absolute Gasteiger partial charge is 0.256 e. The Balaban J connectivity index is 2.32. The van der Waals surface area contributed by atoms with Crippen LogP contribution >= 0.6 is 11.6 Å². The average Bonchev–Trinajstić information content (AvgIpc) is 2.55. The van der Waals surface area contributed by atoms with Gasteiger partial charge in [0.15, 0.2) is 0 Å². The SMILES string of the molecule is C=CS(=O)(=O)N(C)c1cc(O)cc(C(=O)Nc2ccc(Cl)cc2)c1. The lowest BCUT2D eigenvalue weighted by molar-refractivity contribution is 0.102. The van der Waals surface area contributed by atoms with Gasteiger partial charge in [-0.05, 0) is 36.4 Å². The van der Waals surface area contributed by atoms with E-state index in [4.69, 9.17) is 11.6 Å². The maximum Gasteiger partial charge on any atom is 0.256 e. The van der Waals surface area contributed by atoms with Crippen molar-refractivity contribution in [3.63, 3.8) is 0 Å². The second kappa shape index (κ2) is 6.94. The standard InChI is InChI=1S/C16H15ClN2O4S/c1-3-24(22,23)19(2)14-8-11(9-15(20)10-14)16(21)18-13-6-4-12(17)5-7-13/h3-10,20H,1H2,2H3,(H,18,21). The molecule has 0 aliphatic carbocycles. The van der Waals surface area contributed by atoms with Crippen LogP contribution in [0.25, 0.3) is 0 Å². The summed E-state index contributed by atoms with van der Waals surface area (Å²) < 4.78 is 24.6. The molecule has 0 aliphatic rings. The molecule has 0 spiro atoms. The number of sulfonamides is 1. The van der Waals surface area contributed by atoms with E-state index in [-0.39, 0.29) is 17.0 Å². The van der Waals surface area contributed by atoms with Crippen molar-refractivity contribution in [1.82, 2.24) is 0 Å². The van der Waals surface area contributed by atoms with Crippen LogP contribution in [0.1, 0.15) is 10.4 Å². The molecule has 0 aromatic heterocycles. The normalized spacial score (nSPS) is 10.9. The third-order valence-corrected chi connectivity index (χ3v) is 4.87. The van der Waals surface area contributed by atoms with E-state index >= 15 is 0 Å². The molecule has 2 aromatic rings. The minimum Gasteiger partial charge on any atom is -0.508 e. The van der Waals surface area contributed by atoms with Gasteiger partial charge in [-0.2, -0.15) is 0 Å². The summed E-state index contributed by atoms with van der Waals surface area (Å²) in [6, 6.07) is 10.3. The summed E-state index contributed by atoms with van der Waals surface area (Å²) in [5.41, 5.74) is 0.753. The van der Waals surface area contributed by atoms with Gasteiger partial charge < -0.3 is 10.4 Å². The number of anilines is 2. The Kier molecular flexibility index (Phi) is 5.16. The molecule has 0 saturated carbocycles. The first kappa shape index (κ1) is 17.8. The van der Waals surface area contributed by atoms with Crippen LogP contribution in [-0.4, -0.2) is 26.5 Å². The summed E-state index contributed by atoms with van der Waals surface area (Å²) >= 11 is 5.78. The first-order valence-corrected chi connectivity index (χ1v) is 8.63. The lowest BCUT2D eigenvalue weighted by Gasteiger charge is -2.18. The molecule has 0 radical (unpaired) electrons. The molecule has 2 aromatic carbocycles. The minimum absolute atomic E-state index is 0.103. The number of nitrogens with one attached hydrogen (secondary N) is 1. The van der Waals surface area contributed by atoms with Crippen LogP contribution in [0, 0.1) is 0 Å². The third kappa shape index (κ3) is 4.06. The van der Waals surface area contributed by atoms with Gasteiger partial charge in [0.05, 0.1) is 5.69 Å². The van der Waals surface area contributed by atoms with Crippen molar-refractivity contribution >= 4 is 38.9 Å². The van der Waals surface area contributed by atoms with Crippen molar-refractivity contribution in [2.75, 3.05) is 16.7 Å². The molecule has 2 rings (SSSR count). The number of aromatic hydroxyl groups is 1. The van der Waals surface area contributed by atoms with Gasteiger partial charge in [0, 0.05) is 34.8 Å². The molecule has 0 atom stereocenters. The minimum atomic E-state index is -3.73. The molecule has 1 amide bonds. The number of carbonyl (C=O) groups is 1. The first-order valence-electron chi connectivity index (χ1n) is 6.75. The maximum absolute atomic E-state index is 12.3. The number of halogens is 1. The van der Waals surface area contributed by atoms with E-state index in [2.05, 4.69) is 11.9 Å². The molecule has 0 heterocycles. The predicted molar refractivity (Wildman–Crippen MR) is 95.0 cm³/mol. The fourth-order valence-corrected chi connectivity index (χ4v) is 2.65. The van der Waals surface area contributed by atoms with Crippen LogP contribution in [0.3, 0.4) is 0 Å². The lowest BCUT2D eigenvalue weighted by Crippen LogP contribution is -2.24. The number of hydrogen-bond donors (Lipinski definition) is 2. The van der Waals surface area contributed by atoms with Gasteiger partial charge in [0.1, 0.15) is 5.75 Å². The molecule has 2 N–H and O–H groups in total. The Morgan fingerprint density at radius 2 is 1.88 bits per heavy atom. The third-order valence-electron chi connectivity index (χ3n) is 3.22. The lowest BCUT2D eigenvalue weighted by atomic mass is 10.1. The molecule has 8 heteroatoms. The van der Waals surface area contributed by atoms with Crippen molar-refractivity contribution in [2.24, 2.45) is 0 Å². The van der Waals surface area contributed by atoms with Crippen LogP contribution in [0.2, 0.25) is 5.02 Å². The maximum atomic E-state index is 12.3. The van der Waals surface area contributed by atoms with Gasteiger partial charge in [-0.3, -0.25) is 9.10 Å². The molecule has 0 fully saturated rings. The van der Waals surface area contributed by atoms with E-state index < -0.39 is 15.9 Å². The molecule has 0 saturated heterocycles. The number of carbonyl (C=O) groups excluding carboxylic acids is 1. The fraction of sp³-hybridized carbons (Fsp3) is 0.0625. The largest absolute Gasteiger partial charge is 0.508 e. The zero-order valence-corrected chi connectivity index (χ0v) is 14.3. The van der Waals surface area contributed by atoms with Crippen LogP contribution in [0.4, 0.5) is 11.4 Å². The highest BCUT2D eigenvalue weighted by molar-refractivity contribution is 7.95. The predicted octanol–water partition coefficient (Wildman–Crippen LogP) is 3.21. The van der Waals surface area contributed by atoms with E-state index in [0.717, 1.165) is 9.71 Å². The molecule has 0 bridgehead atoms. The molecule has 0 unspecified atom stereocenters. The van der Waals surface area contributed by atoms with E-state index in [1.165, 1.54) is 25.2 Å². The molecule has 24 heavy (non-hydrogen) atoms. The molecule has 6 nitrogen and oxygen atoms in total. The molecule has 126 valence electrons. The van der Waals surface area contributed by atoms with Gasteiger partial charge in [-0.1, -0.05) is 18.2 Å². The molecular formula is C16H15ClN2O4S. The number of hydrogen-bond acceptors (Lipinski definition) is 4. The highest BCUT2D eigenvalue weighted by Crippen LogP contribution is 2.25. The van der Waals surface area contributed by atoms with Gasteiger partial charge in [0.25, 0.3) is 15.9 Å². The van der Waals surface area contributed by atoms with Crippen molar-refractivity contribution in [1.29, 1.82) is 0 Å². The zero-order chi connectivity index (χ0) is 17.9. The monoisotopic (exact) mass is 366 g/mol. The Hall–Kier alpha value is -2.51. The zero-order valence-electron chi connectivity index (χ0n) is 12.7. The summed E-state index contributed by atoms with van der Waals surface area (Å²) in [7, 11) is -2.44. The van der Waals surface area contributed by atoms with E-state index in [0.29, 0.717) is 10.7 Å². The summed E-state index contributed by atoms with van der Waals surface area (Å²) in [5, 5.41) is 13.7. The summed E-state index contributed by atoms with van der Waals surface area (Å²) in [4.78, 5) is 12.3. The van der Waals surface area contributed by atoms with E-state index in [1.807, 2.05) is 0 Å². The molecular weight excluding hydrogens is 352 g/mol. The Morgan fingerprint density at radius 1 is 1.25 bits per heavy atom. The van der Waals surface area contributed by atoms with E-state index in [9.17, 15) is 18.3 Å². The Bertz CT molecular complexity index is 879. The summed E-state index contributed by atoms with van der Waals surface area (Å²) in [6.07, 6.45) is 0. The van der Waals surface area contributed by atoms with Crippen molar-refractivity contribution in [3.8, 4) is 5.75 Å². The summed E-state index contributed by atoms with van der Waals surface area (Å²) in [6.45, 7) is 3.24. The Labute approximate surface area is 145 Å². The number of phenolic OH excluding ortho intramolecular Hbond substituents is 1. The van der Waals surface area contributed by atoms with Crippen LogP contribution in [0.5, 0.6) is 5.75 Å². The van der Waals surface area contributed by atoms with Crippen LogP contribution in [0.15, 0.2) is 54.5 Å². The van der Waals surface area contributed by atoms with Crippen LogP contribution < -0.4 is 9.62 Å². The topological polar surface area (TPSA) is 86.7 Å². The Morgan fingerprint density at radius 3 is 2.46 bits per heavy atom. The number of nitrogens with zero attached hydrogens (tertiary/aromatic N) is 1. The first-order chi connectivity index (χ1) is 11.2. The highest BCUT2D eigenvalue weighted by atomic mass is 35.5. The number of benzene rings is 2.